The highest BCUT2D eigenvalue weighted by molar-refractivity contribution is 7.89. The lowest BCUT2D eigenvalue weighted by molar-refractivity contribution is -0.181. The SMILES string of the molecule is CCS(=O)(=O)NCC1CCC2(CN(Cc3ccccc3C)C2)OC1. The van der Waals surface area contributed by atoms with Gasteiger partial charge in [-0.2, -0.15) is 0 Å². The zero-order valence-corrected chi connectivity index (χ0v) is 15.4. The van der Waals surface area contributed by atoms with Crippen molar-refractivity contribution < 1.29 is 13.2 Å². The second kappa shape index (κ2) is 7.12. The Kier molecular flexibility index (Phi) is 5.30. The third-order valence-corrected chi connectivity index (χ3v) is 6.65. The van der Waals surface area contributed by atoms with E-state index in [1.807, 2.05) is 0 Å². The largest absolute Gasteiger partial charge is 0.372 e. The molecule has 2 heterocycles. The topological polar surface area (TPSA) is 58.6 Å². The summed E-state index contributed by atoms with van der Waals surface area (Å²) in [5.41, 5.74) is 2.73. The Morgan fingerprint density at radius 2 is 2.08 bits per heavy atom. The van der Waals surface area contributed by atoms with E-state index >= 15 is 0 Å². The van der Waals surface area contributed by atoms with Crippen LogP contribution in [0.4, 0.5) is 0 Å². The lowest BCUT2D eigenvalue weighted by Crippen LogP contribution is -2.64. The summed E-state index contributed by atoms with van der Waals surface area (Å²) in [5, 5.41) is 0. The van der Waals surface area contributed by atoms with E-state index < -0.39 is 10.0 Å². The van der Waals surface area contributed by atoms with Gasteiger partial charge in [-0.25, -0.2) is 13.1 Å². The molecular weight excluding hydrogens is 324 g/mol. The smallest absolute Gasteiger partial charge is 0.211 e. The lowest BCUT2D eigenvalue weighted by Gasteiger charge is -2.53. The molecule has 0 aliphatic carbocycles. The normalized spacial score (nSPS) is 24.0. The minimum absolute atomic E-state index is 0.00279. The molecular formula is C18H28N2O3S. The fourth-order valence-corrected chi connectivity index (χ4v) is 4.28. The molecule has 0 bridgehead atoms. The molecule has 134 valence electrons. The van der Waals surface area contributed by atoms with Crippen molar-refractivity contribution in [2.75, 3.05) is 32.0 Å². The van der Waals surface area contributed by atoms with Crippen molar-refractivity contribution in [3.8, 4) is 0 Å². The van der Waals surface area contributed by atoms with Crippen LogP contribution in [0.3, 0.4) is 0 Å². The average Bonchev–Trinajstić information content (AvgIpc) is 2.55. The first-order chi connectivity index (χ1) is 11.4. The van der Waals surface area contributed by atoms with Crippen LogP contribution in [0.1, 0.15) is 30.9 Å². The van der Waals surface area contributed by atoms with Crippen LogP contribution in [0, 0.1) is 12.8 Å². The van der Waals surface area contributed by atoms with Gasteiger partial charge in [0.05, 0.1) is 18.0 Å². The quantitative estimate of drug-likeness (QED) is 0.850. The summed E-state index contributed by atoms with van der Waals surface area (Å²) in [5.74, 6) is 0.431. The van der Waals surface area contributed by atoms with Crippen molar-refractivity contribution >= 4 is 10.0 Å². The molecule has 5 nitrogen and oxygen atoms in total. The Balaban J connectivity index is 1.43. The Morgan fingerprint density at radius 1 is 1.33 bits per heavy atom. The Labute approximate surface area is 145 Å². The summed E-state index contributed by atoms with van der Waals surface area (Å²) in [4.78, 5) is 2.43. The number of ether oxygens (including phenoxy) is 1. The molecule has 24 heavy (non-hydrogen) atoms. The summed E-state index contributed by atoms with van der Waals surface area (Å²) in [7, 11) is -3.10. The number of hydrogen-bond donors (Lipinski definition) is 1. The molecule has 0 amide bonds. The Hall–Kier alpha value is -0.950. The number of sulfonamides is 1. The van der Waals surface area contributed by atoms with Gasteiger partial charge >= 0.3 is 0 Å². The van der Waals surface area contributed by atoms with Gasteiger partial charge in [-0.15, -0.1) is 0 Å². The maximum absolute atomic E-state index is 11.5. The lowest BCUT2D eigenvalue weighted by atomic mass is 9.82. The first kappa shape index (κ1) is 17.9. The second-order valence-corrected chi connectivity index (χ2v) is 9.32. The van der Waals surface area contributed by atoms with Crippen molar-refractivity contribution in [1.82, 2.24) is 9.62 Å². The van der Waals surface area contributed by atoms with Crippen LogP contribution in [-0.2, 0) is 21.3 Å². The highest BCUT2D eigenvalue weighted by Crippen LogP contribution is 2.36. The van der Waals surface area contributed by atoms with E-state index in [2.05, 4.69) is 40.8 Å². The number of aryl methyl sites for hydroxylation is 1. The second-order valence-electron chi connectivity index (χ2n) is 7.22. The maximum atomic E-state index is 11.5. The minimum atomic E-state index is -3.10. The van der Waals surface area contributed by atoms with E-state index in [9.17, 15) is 8.42 Å². The Bertz CT molecular complexity index is 659. The van der Waals surface area contributed by atoms with Crippen molar-refractivity contribution in [1.29, 1.82) is 0 Å². The highest BCUT2D eigenvalue weighted by atomic mass is 32.2. The predicted molar refractivity (Wildman–Crippen MR) is 95.3 cm³/mol. The molecule has 2 aliphatic rings. The standard InChI is InChI=1S/C18H28N2O3S/c1-3-24(21,22)19-10-16-8-9-18(23-12-16)13-20(14-18)11-17-7-5-4-6-15(17)2/h4-7,16,19H,3,8-14H2,1-2H3. The summed E-state index contributed by atoms with van der Waals surface area (Å²) < 4.78 is 31.9. The van der Waals surface area contributed by atoms with Gasteiger partial charge in [0.15, 0.2) is 0 Å². The molecule has 0 radical (unpaired) electrons. The van der Waals surface area contributed by atoms with Gasteiger partial charge in [0, 0.05) is 26.2 Å². The number of benzene rings is 1. The first-order valence-corrected chi connectivity index (χ1v) is 10.4. The van der Waals surface area contributed by atoms with Gasteiger partial charge in [-0.3, -0.25) is 4.90 Å². The summed E-state index contributed by atoms with van der Waals surface area (Å²) in [6, 6.07) is 8.52. The molecule has 0 aromatic heterocycles. The van der Waals surface area contributed by atoms with Gasteiger partial charge < -0.3 is 4.74 Å². The molecule has 1 atom stereocenters. The van der Waals surface area contributed by atoms with Crippen LogP contribution in [0.25, 0.3) is 0 Å². The summed E-state index contributed by atoms with van der Waals surface area (Å²) >= 11 is 0. The van der Waals surface area contributed by atoms with Gasteiger partial charge in [0.25, 0.3) is 0 Å². The fourth-order valence-electron chi connectivity index (χ4n) is 3.58. The zero-order chi connectivity index (χ0) is 17.2. The Morgan fingerprint density at radius 3 is 2.71 bits per heavy atom. The molecule has 6 heteroatoms. The van der Waals surface area contributed by atoms with Crippen LogP contribution >= 0.6 is 0 Å². The summed E-state index contributed by atoms with van der Waals surface area (Å²) in [6.07, 6.45) is 2.06. The number of rotatable bonds is 6. The molecule has 1 aromatic rings. The number of nitrogens with one attached hydrogen (secondary N) is 1. The van der Waals surface area contributed by atoms with E-state index in [1.165, 1.54) is 11.1 Å². The van der Waals surface area contributed by atoms with Crippen LogP contribution in [0.2, 0.25) is 0 Å². The van der Waals surface area contributed by atoms with E-state index in [0.717, 1.165) is 32.5 Å². The maximum Gasteiger partial charge on any atom is 0.211 e. The van der Waals surface area contributed by atoms with E-state index in [1.54, 1.807) is 6.92 Å². The van der Waals surface area contributed by atoms with Crippen LogP contribution < -0.4 is 4.72 Å². The molecule has 1 spiro atoms. The third kappa shape index (κ3) is 4.17. The molecule has 2 saturated heterocycles. The fraction of sp³-hybridized carbons (Fsp3) is 0.667. The highest BCUT2D eigenvalue weighted by Gasteiger charge is 2.46. The number of likely N-dealkylation sites (tertiary alicyclic amines) is 1. The molecule has 1 unspecified atom stereocenters. The monoisotopic (exact) mass is 352 g/mol. The van der Waals surface area contributed by atoms with Crippen molar-refractivity contribution in [3.63, 3.8) is 0 Å². The van der Waals surface area contributed by atoms with Gasteiger partial charge in [-0.05, 0) is 43.7 Å². The third-order valence-electron chi connectivity index (χ3n) is 5.28. The molecule has 0 saturated carbocycles. The minimum Gasteiger partial charge on any atom is -0.372 e. The zero-order valence-electron chi connectivity index (χ0n) is 14.6. The van der Waals surface area contributed by atoms with Crippen molar-refractivity contribution in [2.24, 2.45) is 5.92 Å². The van der Waals surface area contributed by atoms with Gasteiger partial charge in [0.2, 0.25) is 10.0 Å². The van der Waals surface area contributed by atoms with E-state index in [-0.39, 0.29) is 11.4 Å². The predicted octanol–water partition coefficient (Wildman–Crippen LogP) is 1.92. The molecule has 2 aliphatic heterocycles. The summed E-state index contributed by atoms with van der Waals surface area (Å²) in [6.45, 7) is 7.92. The number of hydrogen-bond acceptors (Lipinski definition) is 4. The molecule has 2 fully saturated rings. The first-order valence-electron chi connectivity index (χ1n) is 8.79. The average molecular weight is 353 g/mol. The number of nitrogens with zero attached hydrogens (tertiary/aromatic N) is 1. The van der Waals surface area contributed by atoms with Crippen LogP contribution in [0.5, 0.6) is 0 Å². The molecule has 1 aromatic carbocycles. The van der Waals surface area contributed by atoms with E-state index in [0.29, 0.717) is 19.1 Å². The van der Waals surface area contributed by atoms with Crippen LogP contribution in [-0.4, -0.2) is 50.9 Å². The van der Waals surface area contributed by atoms with Crippen LogP contribution in [0.15, 0.2) is 24.3 Å². The molecule has 3 rings (SSSR count). The van der Waals surface area contributed by atoms with E-state index in [4.69, 9.17) is 4.74 Å². The van der Waals surface area contributed by atoms with Crippen molar-refractivity contribution in [2.45, 2.75) is 38.8 Å². The van der Waals surface area contributed by atoms with Gasteiger partial charge in [-0.1, -0.05) is 24.3 Å². The van der Waals surface area contributed by atoms with Gasteiger partial charge in [0.1, 0.15) is 0 Å². The van der Waals surface area contributed by atoms with Crippen molar-refractivity contribution in [3.05, 3.63) is 35.4 Å². The molecule has 1 N–H and O–H groups in total.